The van der Waals surface area contributed by atoms with Crippen LogP contribution in [0.2, 0.25) is 0 Å². The molecule has 0 saturated heterocycles. The quantitative estimate of drug-likeness (QED) is 0.289. The van der Waals surface area contributed by atoms with Crippen LogP contribution < -0.4 is 23.5 Å². The van der Waals surface area contributed by atoms with Gasteiger partial charge in [-0.1, -0.05) is 13.8 Å². The first-order valence-corrected chi connectivity index (χ1v) is 15.0. The van der Waals surface area contributed by atoms with Crippen LogP contribution in [0.4, 0.5) is 5.69 Å². The first-order chi connectivity index (χ1) is 20.0. The average Bonchev–Trinajstić information content (AvgIpc) is 3.18. The number of benzene rings is 1. The van der Waals surface area contributed by atoms with Gasteiger partial charge in [0.2, 0.25) is 0 Å². The van der Waals surface area contributed by atoms with Crippen LogP contribution in [-0.2, 0) is 25.5 Å². The molecule has 0 radical (unpaired) electrons. The lowest BCUT2D eigenvalue weighted by Gasteiger charge is -2.31. The number of likely N-dealkylation sites (N-methyl/N-ethyl adjacent to an activating group) is 1. The van der Waals surface area contributed by atoms with Crippen LogP contribution in [0, 0.1) is 12.3 Å². The monoisotopic (exact) mass is 631 g/mol. The van der Waals surface area contributed by atoms with Crippen LogP contribution >= 0.6 is 0 Å². The van der Waals surface area contributed by atoms with Crippen molar-refractivity contribution in [2.24, 2.45) is 11.1 Å². The number of nitrogens with one attached hydrogen (secondary N) is 1. The fourth-order valence-electron chi connectivity index (χ4n) is 6.31. The Kier molecular flexibility index (Phi) is 10.9. The van der Waals surface area contributed by atoms with E-state index in [4.69, 9.17) is 20.3 Å². The third kappa shape index (κ3) is 8.81. The number of aromatic nitrogens is 2. The molecule has 242 valence electrons. The summed E-state index contributed by atoms with van der Waals surface area (Å²) in [6, 6.07) is 5.42. The fraction of sp³-hybridized carbons (Fsp3) is 0.594. The molecule has 2 aliphatic carbocycles. The zero-order valence-electron chi connectivity index (χ0n) is 26.9. The van der Waals surface area contributed by atoms with Gasteiger partial charge in [-0.25, -0.2) is 4.68 Å². The number of ether oxygens (including phenoxy) is 2. The first kappa shape index (κ1) is 35.0. The van der Waals surface area contributed by atoms with Crippen LogP contribution in [0.5, 0.6) is 0 Å². The topological polar surface area (TPSA) is 143 Å². The van der Waals surface area contributed by atoms with Crippen molar-refractivity contribution in [2.45, 2.75) is 90.9 Å². The van der Waals surface area contributed by atoms with Crippen molar-refractivity contribution in [3.05, 3.63) is 40.7 Å². The molecule has 0 spiro atoms. The molecule has 1 aromatic carbocycles. The number of rotatable bonds is 10. The molecule has 4 rings (SSSR count). The first-order valence-electron chi connectivity index (χ1n) is 15.0. The van der Waals surface area contributed by atoms with Crippen molar-refractivity contribution in [3.63, 3.8) is 0 Å². The number of hydrogen-bond donors (Lipinski definition) is 2. The number of quaternary nitrogens is 1. The molecule has 1 unspecified atom stereocenters. The minimum atomic E-state index is -0.545. The Morgan fingerprint density at radius 1 is 1.14 bits per heavy atom. The number of carbonyl (C=O) groups excluding carboxylic acids is 4. The lowest BCUT2D eigenvalue weighted by Crippen LogP contribution is -3.00. The smallest absolute Gasteiger partial charge is 0.310 e. The predicted octanol–water partition coefficient (Wildman–Crippen LogP) is 0.733. The van der Waals surface area contributed by atoms with Crippen molar-refractivity contribution >= 4 is 29.3 Å². The minimum Gasteiger partial charge on any atom is -1.00 e. The number of amides is 1. The summed E-state index contributed by atoms with van der Waals surface area (Å²) in [6.07, 6.45) is 3.22. The van der Waals surface area contributed by atoms with Gasteiger partial charge in [0.05, 0.1) is 55.8 Å². The summed E-state index contributed by atoms with van der Waals surface area (Å²) in [5.74, 6) is -1.23. The second-order valence-electron chi connectivity index (χ2n) is 13.9. The largest absolute Gasteiger partial charge is 1.00 e. The Morgan fingerprint density at radius 2 is 1.80 bits per heavy atom. The molecule has 0 bridgehead atoms. The zero-order valence-corrected chi connectivity index (χ0v) is 27.6. The normalized spacial score (nSPS) is 20.1. The molecule has 11 nitrogen and oxygen atoms in total. The van der Waals surface area contributed by atoms with Gasteiger partial charge in [0, 0.05) is 25.1 Å². The molecule has 1 saturated carbocycles. The van der Waals surface area contributed by atoms with E-state index in [0.29, 0.717) is 52.8 Å². The molecule has 2 aliphatic rings. The Bertz CT molecular complexity index is 1400. The summed E-state index contributed by atoms with van der Waals surface area (Å²) >= 11 is 0. The number of carbonyl (C=O) groups is 4. The molecule has 12 heteroatoms. The maximum Gasteiger partial charge on any atom is 0.310 e. The summed E-state index contributed by atoms with van der Waals surface area (Å²) < 4.78 is 13.5. The number of fused-ring (bicyclic) bond motifs is 1. The van der Waals surface area contributed by atoms with Crippen molar-refractivity contribution in [1.82, 2.24) is 9.78 Å². The van der Waals surface area contributed by atoms with Gasteiger partial charge in [-0.05, 0) is 62.6 Å². The van der Waals surface area contributed by atoms with E-state index < -0.39 is 18.0 Å². The third-order valence-electron chi connectivity index (χ3n) is 8.04. The van der Waals surface area contributed by atoms with Gasteiger partial charge in [0.15, 0.2) is 11.9 Å². The molecule has 1 amide bonds. The van der Waals surface area contributed by atoms with Crippen molar-refractivity contribution in [3.8, 4) is 5.69 Å². The van der Waals surface area contributed by atoms with E-state index in [1.54, 1.807) is 6.07 Å². The number of Topliss-reactive ketones (excluding diaryl/α,β-unsaturated/α-hetero) is 1. The van der Waals surface area contributed by atoms with Crippen LogP contribution in [0.15, 0.2) is 18.2 Å². The van der Waals surface area contributed by atoms with E-state index in [9.17, 15) is 19.2 Å². The molecule has 1 fully saturated rings. The van der Waals surface area contributed by atoms with Gasteiger partial charge in [-0.15, -0.1) is 0 Å². The molecule has 1 heterocycles. The molecule has 2 aromatic rings. The Morgan fingerprint density at radius 3 is 2.39 bits per heavy atom. The van der Waals surface area contributed by atoms with Gasteiger partial charge in [-0.3, -0.25) is 19.2 Å². The Balaban J connectivity index is 0.00000529. The lowest BCUT2D eigenvalue weighted by atomic mass is 9.75. The molecule has 1 aromatic heterocycles. The zero-order chi connectivity index (χ0) is 31.7. The second-order valence-corrected chi connectivity index (χ2v) is 13.9. The highest BCUT2D eigenvalue weighted by Gasteiger charge is 2.36. The summed E-state index contributed by atoms with van der Waals surface area (Å²) in [5.41, 5.74) is 9.57. The van der Waals surface area contributed by atoms with Gasteiger partial charge in [0.25, 0.3) is 5.91 Å². The molecule has 1 atom stereocenters. The maximum absolute atomic E-state index is 12.9. The van der Waals surface area contributed by atoms with E-state index in [1.807, 2.05) is 44.9 Å². The number of nitrogens with zero attached hydrogens (tertiary/aromatic N) is 3. The highest BCUT2D eigenvalue weighted by Crippen LogP contribution is 2.37. The van der Waals surface area contributed by atoms with Crippen molar-refractivity contribution in [1.29, 1.82) is 0 Å². The van der Waals surface area contributed by atoms with Gasteiger partial charge in [0.1, 0.15) is 12.6 Å². The summed E-state index contributed by atoms with van der Waals surface area (Å²) in [5, 5.41) is 8.21. The van der Waals surface area contributed by atoms with E-state index >= 15 is 0 Å². The SMILES string of the molecule is CC(=O)OC(CC(=O)OC1CCC(Nc2cc(-n3nc(C)c4c3CC(C)(C)CC4=O)ccc2C(N)=O)CC1)C[N+](C)(C)C.[Cl-]. The van der Waals surface area contributed by atoms with Gasteiger partial charge in [-0.2, -0.15) is 5.10 Å². The molecule has 0 aliphatic heterocycles. The number of anilines is 1. The Hall–Kier alpha value is -3.44. The van der Waals surface area contributed by atoms with Gasteiger partial charge < -0.3 is 37.4 Å². The van der Waals surface area contributed by atoms with Crippen LogP contribution in [0.3, 0.4) is 0 Å². The average molecular weight is 632 g/mol. The van der Waals surface area contributed by atoms with E-state index in [-0.39, 0.29) is 48.1 Å². The lowest BCUT2D eigenvalue weighted by molar-refractivity contribution is -0.873. The highest BCUT2D eigenvalue weighted by molar-refractivity contribution is 6.00. The number of esters is 2. The highest BCUT2D eigenvalue weighted by atomic mass is 35.5. The standard InChI is InChI=1S/C32H45N5O6.ClH/c1-19-30-27(16-32(3,4)17-28(30)39)36(35-19)22-10-13-25(31(33)41)26(14-22)34-21-8-11-23(12-9-21)43-29(40)15-24(42-20(2)38)18-37(5,6)7;/h10,13-14,21,23-24H,8-9,11-12,15-18H2,1-7H3,(H2-,33,34,41);1H. The van der Waals surface area contributed by atoms with Crippen molar-refractivity contribution < 1.29 is 45.5 Å². The van der Waals surface area contributed by atoms with Crippen LogP contribution in [0.25, 0.3) is 5.69 Å². The van der Waals surface area contributed by atoms with Crippen LogP contribution in [0.1, 0.15) is 91.4 Å². The second kappa shape index (κ2) is 13.7. The fourth-order valence-corrected chi connectivity index (χ4v) is 6.31. The molecular formula is C32H46ClN5O6. The molecule has 3 N–H and O–H groups in total. The number of ketones is 1. The van der Waals surface area contributed by atoms with E-state index in [1.165, 1.54) is 6.92 Å². The number of hydrogen-bond acceptors (Lipinski definition) is 8. The number of nitrogens with two attached hydrogens (primary N) is 1. The third-order valence-corrected chi connectivity index (χ3v) is 8.04. The number of halogens is 1. The number of aryl methyl sites for hydroxylation is 1. The van der Waals surface area contributed by atoms with E-state index in [2.05, 4.69) is 19.2 Å². The minimum absolute atomic E-state index is 0. The van der Waals surface area contributed by atoms with Crippen LogP contribution in [-0.4, -0.2) is 83.8 Å². The summed E-state index contributed by atoms with van der Waals surface area (Å²) in [7, 11) is 5.92. The van der Waals surface area contributed by atoms with Crippen molar-refractivity contribution in [2.75, 3.05) is 33.0 Å². The summed E-state index contributed by atoms with van der Waals surface area (Å²) in [4.78, 5) is 49.5. The van der Waals surface area contributed by atoms with E-state index in [0.717, 1.165) is 30.6 Å². The number of primary amides is 1. The molecular weight excluding hydrogens is 586 g/mol. The van der Waals surface area contributed by atoms with Gasteiger partial charge >= 0.3 is 11.9 Å². The predicted molar refractivity (Wildman–Crippen MR) is 162 cm³/mol. The summed E-state index contributed by atoms with van der Waals surface area (Å²) in [6.45, 7) is 7.87. The Labute approximate surface area is 265 Å². The molecule has 44 heavy (non-hydrogen) atoms. The maximum atomic E-state index is 12.9.